The van der Waals surface area contributed by atoms with Crippen molar-refractivity contribution in [2.45, 2.75) is 44.6 Å². The molecule has 0 saturated heterocycles. The maximum atomic E-state index is 12.7. The maximum Gasteiger partial charge on any atom is 0.407 e. The highest BCUT2D eigenvalue weighted by molar-refractivity contribution is 5.81. The number of carbonyl (C=O) groups is 3. The fourth-order valence-corrected chi connectivity index (χ4v) is 4.57. The molecular formula is C26H30N2O5. The van der Waals surface area contributed by atoms with Crippen molar-refractivity contribution >= 4 is 18.0 Å². The number of hydrogen-bond donors (Lipinski definition) is 3. The summed E-state index contributed by atoms with van der Waals surface area (Å²) in [6.07, 6.45) is 2.15. The van der Waals surface area contributed by atoms with Crippen LogP contribution in [0.1, 0.15) is 49.7 Å². The van der Waals surface area contributed by atoms with Gasteiger partial charge in [0.1, 0.15) is 6.61 Å². The van der Waals surface area contributed by atoms with E-state index < -0.39 is 24.0 Å². The zero-order chi connectivity index (χ0) is 23.4. The molecule has 0 aromatic heterocycles. The fraction of sp³-hybridized carbons (Fsp3) is 0.423. The van der Waals surface area contributed by atoms with E-state index in [1.165, 1.54) is 11.1 Å². The van der Waals surface area contributed by atoms with Crippen molar-refractivity contribution in [3.05, 3.63) is 59.7 Å². The van der Waals surface area contributed by atoms with Gasteiger partial charge in [-0.25, -0.2) is 4.79 Å². The molecular weight excluding hydrogens is 420 g/mol. The lowest BCUT2D eigenvalue weighted by atomic mass is 9.98. The number of nitrogens with one attached hydrogen (secondary N) is 2. The number of rotatable bonds is 10. The van der Waals surface area contributed by atoms with Crippen LogP contribution in [0, 0.1) is 11.8 Å². The van der Waals surface area contributed by atoms with Gasteiger partial charge >= 0.3 is 12.1 Å². The third kappa shape index (κ3) is 5.72. The SMILES string of the molecule is C[C@@H](CC(=O)O)NC(=O)C(CNC(=O)OCC1c2ccccc2-c2ccccc21)CC1CC1. The average molecular weight is 451 g/mol. The third-order valence-electron chi connectivity index (χ3n) is 6.39. The molecule has 3 N–H and O–H groups in total. The monoisotopic (exact) mass is 450 g/mol. The quantitative estimate of drug-likeness (QED) is 0.509. The molecule has 1 fully saturated rings. The van der Waals surface area contributed by atoms with Gasteiger partial charge in [-0.15, -0.1) is 0 Å². The number of benzene rings is 2. The summed E-state index contributed by atoms with van der Waals surface area (Å²) in [5.74, 6) is -1.13. The number of amides is 2. The van der Waals surface area contributed by atoms with Gasteiger partial charge in [0.2, 0.25) is 5.91 Å². The highest BCUT2D eigenvalue weighted by atomic mass is 16.5. The summed E-state index contributed by atoms with van der Waals surface area (Å²) < 4.78 is 5.56. The summed E-state index contributed by atoms with van der Waals surface area (Å²) in [7, 11) is 0. The van der Waals surface area contributed by atoms with Crippen molar-refractivity contribution in [1.29, 1.82) is 0 Å². The van der Waals surface area contributed by atoms with E-state index in [-0.39, 0.29) is 31.4 Å². The molecule has 0 radical (unpaired) electrons. The minimum atomic E-state index is -0.960. The zero-order valence-electron chi connectivity index (χ0n) is 18.8. The first kappa shape index (κ1) is 22.8. The number of alkyl carbamates (subject to hydrolysis) is 1. The van der Waals surface area contributed by atoms with Crippen LogP contribution in [0.4, 0.5) is 4.79 Å². The number of carboxylic acids is 1. The van der Waals surface area contributed by atoms with E-state index >= 15 is 0 Å². The van der Waals surface area contributed by atoms with Crippen LogP contribution in [0.5, 0.6) is 0 Å². The number of hydrogen-bond acceptors (Lipinski definition) is 4. The smallest absolute Gasteiger partial charge is 0.407 e. The van der Waals surface area contributed by atoms with Crippen molar-refractivity contribution in [1.82, 2.24) is 10.6 Å². The Labute approximate surface area is 193 Å². The Balaban J connectivity index is 1.32. The van der Waals surface area contributed by atoms with E-state index in [9.17, 15) is 14.4 Å². The molecule has 0 heterocycles. The average Bonchev–Trinajstić information content (AvgIpc) is 3.55. The second-order valence-electron chi connectivity index (χ2n) is 9.09. The lowest BCUT2D eigenvalue weighted by molar-refractivity contribution is -0.137. The minimum absolute atomic E-state index is 0.0226. The second-order valence-corrected chi connectivity index (χ2v) is 9.09. The molecule has 2 aromatic carbocycles. The van der Waals surface area contributed by atoms with E-state index in [2.05, 4.69) is 34.9 Å². The van der Waals surface area contributed by atoms with Gasteiger partial charge in [-0.1, -0.05) is 61.4 Å². The molecule has 1 saturated carbocycles. The number of aliphatic carboxylic acids is 1. The molecule has 7 heteroatoms. The summed E-state index contributed by atoms with van der Waals surface area (Å²) in [6, 6.07) is 15.8. The predicted molar refractivity (Wildman–Crippen MR) is 124 cm³/mol. The van der Waals surface area contributed by atoms with Crippen LogP contribution >= 0.6 is 0 Å². The first-order chi connectivity index (χ1) is 15.9. The molecule has 2 aromatic rings. The molecule has 2 aliphatic rings. The lowest BCUT2D eigenvalue weighted by Crippen LogP contribution is -2.43. The normalized spacial score (nSPS) is 16.3. The van der Waals surface area contributed by atoms with Gasteiger partial charge in [-0.3, -0.25) is 9.59 Å². The van der Waals surface area contributed by atoms with Crippen molar-refractivity contribution < 1.29 is 24.2 Å². The summed E-state index contributed by atoms with van der Waals surface area (Å²) in [4.78, 5) is 36.0. The first-order valence-corrected chi connectivity index (χ1v) is 11.5. The maximum absolute atomic E-state index is 12.7. The number of fused-ring (bicyclic) bond motifs is 3. The Morgan fingerprint density at radius 1 is 1.03 bits per heavy atom. The van der Waals surface area contributed by atoms with Gasteiger partial charge in [0, 0.05) is 18.5 Å². The molecule has 2 aliphatic carbocycles. The van der Waals surface area contributed by atoms with Gasteiger partial charge < -0.3 is 20.5 Å². The highest BCUT2D eigenvalue weighted by Crippen LogP contribution is 2.44. The summed E-state index contributed by atoms with van der Waals surface area (Å²) in [5, 5.41) is 14.4. The van der Waals surface area contributed by atoms with Gasteiger partial charge in [0.25, 0.3) is 0 Å². The molecule has 7 nitrogen and oxygen atoms in total. The molecule has 0 spiro atoms. The van der Waals surface area contributed by atoms with Crippen LogP contribution in [0.15, 0.2) is 48.5 Å². The summed E-state index contributed by atoms with van der Waals surface area (Å²) >= 11 is 0. The van der Waals surface area contributed by atoms with Crippen molar-refractivity contribution in [2.75, 3.05) is 13.2 Å². The number of ether oxygens (including phenoxy) is 1. The molecule has 0 bridgehead atoms. The third-order valence-corrected chi connectivity index (χ3v) is 6.39. The Kier molecular flexibility index (Phi) is 6.96. The predicted octanol–water partition coefficient (Wildman–Crippen LogP) is 3.92. The minimum Gasteiger partial charge on any atom is -0.481 e. The fourth-order valence-electron chi connectivity index (χ4n) is 4.57. The van der Waals surface area contributed by atoms with Gasteiger partial charge in [0.05, 0.1) is 12.3 Å². The molecule has 2 amide bonds. The van der Waals surface area contributed by atoms with Crippen molar-refractivity contribution in [3.8, 4) is 11.1 Å². The largest absolute Gasteiger partial charge is 0.481 e. The Morgan fingerprint density at radius 2 is 1.64 bits per heavy atom. The van der Waals surface area contributed by atoms with Crippen molar-refractivity contribution in [3.63, 3.8) is 0 Å². The molecule has 174 valence electrons. The molecule has 1 unspecified atom stereocenters. The molecule has 2 atom stereocenters. The zero-order valence-corrected chi connectivity index (χ0v) is 18.8. The van der Waals surface area contributed by atoms with E-state index in [4.69, 9.17) is 9.84 Å². The van der Waals surface area contributed by atoms with Crippen LogP contribution in [-0.2, 0) is 14.3 Å². The van der Waals surface area contributed by atoms with Crippen molar-refractivity contribution in [2.24, 2.45) is 11.8 Å². The highest BCUT2D eigenvalue weighted by Gasteiger charge is 2.31. The molecule has 4 rings (SSSR count). The molecule has 33 heavy (non-hydrogen) atoms. The summed E-state index contributed by atoms with van der Waals surface area (Å²) in [5.41, 5.74) is 4.62. The van der Waals surface area contributed by atoms with Gasteiger partial charge in [0.15, 0.2) is 0 Å². The van der Waals surface area contributed by atoms with Crippen LogP contribution in [0.2, 0.25) is 0 Å². The lowest BCUT2D eigenvalue weighted by Gasteiger charge is -2.20. The standard InChI is InChI=1S/C26H30N2O5/c1-16(12-24(29)30)28-25(31)18(13-17-10-11-17)14-27-26(32)33-15-23-21-8-4-2-6-19(21)20-7-3-5-9-22(20)23/h2-9,16-18,23H,10-15H2,1H3,(H,27,32)(H,28,31)(H,29,30)/t16-,18?/m0/s1. The van der Waals surface area contributed by atoms with E-state index in [1.54, 1.807) is 6.92 Å². The Bertz CT molecular complexity index is 987. The first-order valence-electron chi connectivity index (χ1n) is 11.5. The van der Waals surface area contributed by atoms with Crippen LogP contribution in [0.25, 0.3) is 11.1 Å². The van der Waals surface area contributed by atoms with E-state index in [1.807, 2.05) is 24.3 Å². The van der Waals surface area contributed by atoms with Crippen LogP contribution < -0.4 is 10.6 Å². The summed E-state index contributed by atoms with van der Waals surface area (Å²) in [6.45, 7) is 2.05. The Morgan fingerprint density at radius 3 is 2.21 bits per heavy atom. The topological polar surface area (TPSA) is 105 Å². The Hall–Kier alpha value is -3.35. The second kappa shape index (κ2) is 10.1. The van der Waals surface area contributed by atoms with E-state index in [0.717, 1.165) is 24.0 Å². The van der Waals surface area contributed by atoms with Crippen LogP contribution in [-0.4, -0.2) is 42.3 Å². The van der Waals surface area contributed by atoms with Gasteiger partial charge in [-0.2, -0.15) is 0 Å². The van der Waals surface area contributed by atoms with Gasteiger partial charge in [-0.05, 0) is 41.5 Å². The number of carboxylic acid groups (broad SMARTS) is 1. The van der Waals surface area contributed by atoms with Crippen LogP contribution in [0.3, 0.4) is 0 Å². The molecule has 0 aliphatic heterocycles. The number of carbonyl (C=O) groups excluding carboxylic acids is 2. The van der Waals surface area contributed by atoms with E-state index in [0.29, 0.717) is 12.3 Å².